The monoisotopic (exact) mass is 526 g/mol. The van der Waals surface area contributed by atoms with Gasteiger partial charge >= 0.3 is 6.18 Å². The number of halogens is 6. The average Bonchev–Trinajstić information content (AvgIpc) is 2.73. The number of nitrogens with one attached hydrogen (secondary N) is 1. The molecule has 2 aromatic rings. The Labute approximate surface area is 197 Å². The van der Waals surface area contributed by atoms with E-state index in [0.717, 1.165) is 0 Å². The summed E-state index contributed by atoms with van der Waals surface area (Å²) in [6, 6.07) is 4.80. The van der Waals surface area contributed by atoms with Crippen LogP contribution in [0.5, 0.6) is 0 Å². The number of amides is 1. The third kappa shape index (κ3) is 5.66. The molecule has 13 heteroatoms. The molecule has 1 unspecified atom stereocenters. The maximum absolute atomic E-state index is 13.8. The largest absolute Gasteiger partial charge is 0.417 e. The molecule has 186 valence electrons. The fraction of sp³-hybridized carbons (Fsp3) is 0.429. The van der Waals surface area contributed by atoms with E-state index in [9.17, 15) is 40.3 Å². The van der Waals surface area contributed by atoms with E-state index in [4.69, 9.17) is 11.6 Å². The van der Waals surface area contributed by atoms with Crippen LogP contribution in [0, 0.1) is 0 Å². The Bertz CT molecular complexity index is 1190. The quantitative estimate of drug-likeness (QED) is 0.556. The minimum Gasteiger partial charge on any atom is -0.387 e. The standard InChI is InChI=1S/C21H20ClF5N2O4S/c1-34(32,33)18-14(10-12(11-28-18)21(25,26)27)17(30)29-16(13-4-2-3-5-15(13)22)19(31)6-8-20(23,24)9-7-19/h2-5,10-11,16,31H,6-9H2,1H3,(H,29,30). The molecule has 1 aromatic heterocycles. The van der Waals surface area contributed by atoms with Crippen LogP contribution in [0.2, 0.25) is 5.02 Å². The summed E-state index contributed by atoms with van der Waals surface area (Å²) in [6.07, 6.45) is -6.25. The Morgan fingerprint density at radius 2 is 1.76 bits per heavy atom. The molecule has 0 bridgehead atoms. The van der Waals surface area contributed by atoms with E-state index < -0.39 is 81.3 Å². The van der Waals surface area contributed by atoms with Gasteiger partial charge in [0, 0.05) is 30.3 Å². The van der Waals surface area contributed by atoms with Crippen molar-refractivity contribution in [3.05, 3.63) is 58.2 Å². The van der Waals surface area contributed by atoms with Crippen LogP contribution in [0.1, 0.15) is 53.2 Å². The van der Waals surface area contributed by atoms with Gasteiger partial charge < -0.3 is 10.4 Å². The Kier molecular flexibility index (Phi) is 7.00. The van der Waals surface area contributed by atoms with Crippen LogP contribution in [-0.2, 0) is 16.0 Å². The van der Waals surface area contributed by atoms with Crippen LogP contribution in [0.15, 0.2) is 41.6 Å². The first kappa shape index (κ1) is 26.3. The predicted octanol–water partition coefficient (Wildman–Crippen LogP) is 4.57. The molecule has 1 atom stereocenters. The maximum atomic E-state index is 13.8. The van der Waals surface area contributed by atoms with E-state index in [1.807, 2.05) is 0 Å². The Balaban J connectivity index is 2.09. The summed E-state index contributed by atoms with van der Waals surface area (Å²) in [5.41, 5.74) is -4.07. The van der Waals surface area contributed by atoms with Gasteiger partial charge in [0.15, 0.2) is 14.9 Å². The number of pyridine rings is 1. The van der Waals surface area contributed by atoms with Crippen LogP contribution >= 0.6 is 11.6 Å². The van der Waals surface area contributed by atoms with E-state index >= 15 is 0 Å². The molecule has 0 aliphatic heterocycles. The number of sulfone groups is 1. The minimum atomic E-state index is -4.92. The number of hydrogen-bond donors (Lipinski definition) is 2. The lowest BCUT2D eigenvalue weighted by molar-refractivity contribution is -0.137. The first-order chi connectivity index (χ1) is 15.5. The number of carbonyl (C=O) groups is 1. The van der Waals surface area contributed by atoms with Gasteiger partial charge in [-0.1, -0.05) is 29.8 Å². The van der Waals surface area contributed by atoms with Crippen molar-refractivity contribution in [3.63, 3.8) is 0 Å². The third-order valence-electron chi connectivity index (χ3n) is 5.65. The highest BCUT2D eigenvalue weighted by molar-refractivity contribution is 7.90. The van der Waals surface area contributed by atoms with Gasteiger partial charge in [0.05, 0.1) is 22.8 Å². The maximum Gasteiger partial charge on any atom is 0.417 e. The number of carbonyl (C=O) groups excluding carboxylic acids is 1. The topological polar surface area (TPSA) is 96.4 Å². The second-order valence-electron chi connectivity index (χ2n) is 8.23. The highest BCUT2D eigenvalue weighted by atomic mass is 35.5. The predicted molar refractivity (Wildman–Crippen MR) is 112 cm³/mol. The molecule has 0 saturated heterocycles. The second-order valence-corrected chi connectivity index (χ2v) is 10.6. The lowest BCUT2D eigenvalue weighted by atomic mass is 9.75. The van der Waals surface area contributed by atoms with Crippen molar-refractivity contribution in [2.24, 2.45) is 0 Å². The first-order valence-electron chi connectivity index (χ1n) is 9.96. The molecule has 1 aliphatic rings. The SMILES string of the molecule is CS(=O)(=O)c1ncc(C(F)(F)F)cc1C(=O)NC(c1ccccc1Cl)C1(O)CCC(F)(F)CC1. The summed E-state index contributed by atoms with van der Waals surface area (Å²) in [4.78, 5) is 16.4. The van der Waals surface area contributed by atoms with Crippen LogP contribution < -0.4 is 5.32 Å². The highest BCUT2D eigenvalue weighted by Gasteiger charge is 2.48. The van der Waals surface area contributed by atoms with Gasteiger partial charge in [-0.05, 0) is 30.5 Å². The van der Waals surface area contributed by atoms with Crippen molar-refractivity contribution in [1.82, 2.24) is 10.3 Å². The molecular weight excluding hydrogens is 507 g/mol. The highest BCUT2D eigenvalue weighted by Crippen LogP contribution is 2.45. The van der Waals surface area contributed by atoms with Crippen molar-refractivity contribution >= 4 is 27.3 Å². The van der Waals surface area contributed by atoms with Gasteiger partial charge in [-0.15, -0.1) is 0 Å². The number of nitrogens with zero attached hydrogens (tertiary/aromatic N) is 1. The number of hydrogen-bond acceptors (Lipinski definition) is 5. The number of alkyl halides is 5. The van der Waals surface area contributed by atoms with Crippen molar-refractivity contribution < 1.29 is 40.3 Å². The van der Waals surface area contributed by atoms with Gasteiger partial charge in [0.2, 0.25) is 5.92 Å². The summed E-state index contributed by atoms with van der Waals surface area (Å²) in [6.45, 7) is 0. The lowest BCUT2D eigenvalue weighted by Crippen LogP contribution is -2.50. The second kappa shape index (κ2) is 9.04. The molecule has 34 heavy (non-hydrogen) atoms. The molecule has 0 spiro atoms. The number of aliphatic hydroxyl groups is 1. The molecule has 1 heterocycles. The zero-order valence-electron chi connectivity index (χ0n) is 17.7. The Morgan fingerprint density at radius 1 is 1.18 bits per heavy atom. The molecule has 1 aliphatic carbocycles. The van der Waals surface area contributed by atoms with Gasteiger partial charge in [-0.2, -0.15) is 13.2 Å². The fourth-order valence-electron chi connectivity index (χ4n) is 3.82. The van der Waals surface area contributed by atoms with E-state index in [0.29, 0.717) is 12.3 Å². The van der Waals surface area contributed by atoms with E-state index in [1.54, 1.807) is 6.07 Å². The summed E-state index contributed by atoms with van der Waals surface area (Å²) in [5, 5.41) is 12.7. The third-order valence-corrected chi connectivity index (χ3v) is 7.02. The molecule has 1 aromatic carbocycles. The molecule has 1 fully saturated rings. The summed E-state index contributed by atoms with van der Waals surface area (Å²) in [5.74, 6) is -4.33. The van der Waals surface area contributed by atoms with Gasteiger partial charge in [0.1, 0.15) is 0 Å². The molecule has 0 radical (unpaired) electrons. The molecular formula is C21H20ClF5N2O4S. The van der Waals surface area contributed by atoms with Gasteiger partial charge in [-0.25, -0.2) is 22.2 Å². The summed E-state index contributed by atoms with van der Waals surface area (Å²) < 4.78 is 91.3. The first-order valence-corrected chi connectivity index (χ1v) is 12.2. The van der Waals surface area contributed by atoms with E-state index in [1.165, 1.54) is 18.2 Å². The summed E-state index contributed by atoms with van der Waals surface area (Å²) in [7, 11) is -4.23. The Hall–Kier alpha value is -2.31. The molecule has 3 rings (SSSR count). The fourth-order valence-corrected chi connectivity index (χ4v) is 4.86. The number of benzene rings is 1. The number of rotatable bonds is 5. The lowest BCUT2D eigenvalue weighted by Gasteiger charge is -2.42. The summed E-state index contributed by atoms with van der Waals surface area (Å²) >= 11 is 6.21. The average molecular weight is 527 g/mol. The zero-order chi connectivity index (χ0) is 25.5. The number of aromatic nitrogens is 1. The van der Waals surface area contributed by atoms with Gasteiger partial charge in [0.25, 0.3) is 5.91 Å². The van der Waals surface area contributed by atoms with Crippen molar-refractivity contribution in [3.8, 4) is 0 Å². The van der Waals surface area contributed by atoms with Crippen LogP contribution in [-0.4, -0.2) is 42.2 Å². The molecule has 1 amide bonds. The van der Waals surface area contributed by atoms with Crippen LogP contribution in [0.3, 0.4) is 0 Å². The Morgan fingerprint density at radius 3 is 2.29 bits per heavy atom. The van der Waals surface area contributed by atoms with Crippen LogP contribution in [0.4, 0.5) is 22.0 Å². The van der Waals surface area contributed by atoms with Crippen LogP contribution in [0.25, 0.3) is 0 Å². The van der Waals surface area contributed by atoms with E-state index in [2.05, 4.69) is 10.3 Å². The van der Waals surface area contributed by atoms with Crippen molar-refractivity contribution in [2.45, 2.75) is 54.5 Å². The normalized spacial score (nSPS) is 18.8. The van der Waals surface area contributed by atoms with Gasteiger partial charge in [-0.3, -0.25) is 4.79 Å². The smallest absolute Gasteiger partial charge is 0.387 e. The van der Waals surface area contributed by atoms with Crippen molar-refractivity contribution in [2.75, 3.05) is 6.26 Å². The minimum absolute atomic E-state index is 0.0593. The van der Waals surface area contributed by atoms with Crippen molar-refractivity contribution in [1.29, 1.82) is 0 Å². The molecule has 2 N–H and O–H groups in total. The van der Waals surface area contributed by atoms with E-state index in [-0.39, 0.29) is 16.8 Å². The molecule has 1 saturated carbocycles. The molecule has 6 nitrogen and oxygen atoms in total. The zero-order valence-corrected chi connectivity index (χ0v) is 19.2.